The van der Waals surface area contributed by atoms with Crippen molar-refractivity contribution >= 4 is 35.2 Å². The van der Waals surface area contributed by atoms with Crippen LogP contribution in [0.5, 0.6) is 0 Å². The lowest BCUT2D eigenvalue weighted by atomic mass is 10.3. The normalized spacial score (nSPS) is 10.2. The summed E-state index contributed by atoms with van der Waals surface area (Å²) in [5, 5.41) is 0.690. The summed E-state index contributed by atoms with van der Waals surface area (Å²) in [6, 6.07) is 7.54. The first-order valence-electron chi connectivity index (χ1n) is 6.80. The van der Waals surface area contributed by atoms with Crippen molar-refractivity contribution in [1.82, 2.24) is 4.90 Å². The van der Waals surface area contributed by atoms with E-state index in [-0.39, 0.29) is 12.5 Å². The van der Waals surface area contributed by atoms with Crippen molar-refractivity contribution in [3.8, 4) is 0 Å². The summed E-state index contributed by atoms with van der Waals surface area (Å²) in [5.41, 5.74) is 0. The lowest BCUT2D eigenvalue weighted by molar-refractivity contribution is -0.146. The molecule has 0 radical (unpaired) electrons. The maximum Gasteiger partial charge on any atom is 0.325 e. The highest BCUT2D eigenvalue weighted by Gasteiger charge is 2.16. The summed E-state index contributed by atoms with van der Waals surface area (Å²) in [7, 11) is 1.32. The van der Waals surface area contributed by atoms with Gasteiger partial charge in [0.15, 0.2) is 0 Å². The molecule has 0 aliphatic heterocycles. The highest BCUT2D eigenvalue weighted by Crippen LogP contribution is 2.27. The summed E-state index contributed by atoms with van der Waals surface area (Å²) in [5.74, 6) is 0.196. The van der Waals surface area contributed by atoms with Gasteiger partial charge in [-0.3, -0.25) is 9.59 Å². The summed E-state index contributed by atoms with van der Waals surface area (Å²) < 4.78 is 4.61. The van der Waals surface area contributed by atoms with Crippen molar-refractivity contribution in [3.05, 3.63) is 29.3 Å². The maximum absolute atomic E-state index is 12.1. The van der Waals surface area contributed by atoms with Crippen LogP contribution in [0.2, 0.25) is 5.02 Å². The monoisotopic (exact) mass is 329 g/mol. The number of hydrogen-bond acceptors (Lipinski definition) is 4. The van der Waals surface area contributed by atoms with E-state index in [9.17, 15) is 9.59 Å². The maximum atomic E-state index is 12.1. The fraction of sp³-hybridized carbons (Fsp3) is 0.467. The van der Waals surface area contributed by atoms with Crippen LogP contribution in [0.25, 0.3) is 0 Å². The fourth-order valence-electron chi connectivity index (χ4n) is 1.75. The van der Waals surface area contributed by atoms with E-state index in [1.165, 1.54) is 18.9 Å². The van der Waals surface area contributed by atoms with Crippen molar-refractivity contribution in [2.45, 2.75) is 24.7 Å². The second-order valence-electron chi connectivity index (χ2n) is 4.42. The molecule has 116 valence electrons. The van der Waals surface area contributed by atoms with Crippen molar-refractivity contribution in [1.29, 1.82) is 0 Å². The number of thioether (sulfide) groups is 1. The molecule has 4 nitrogen and oxygen atoms in total. The standard InChI is InChI=1S/C15H20ClNO3S/c1-3-9-17(11-15(19)20-2)14(18)8-10-21-13-7-5-4-6-12(13)16/h4-7H,3,8-11H2,1-2H3. The van der Waals surface area contributed by atoms with Gasteiger partial charge in [0.1, 0.15) is 6.54 Å². The van der Waals surface area contributed by atoms with E-state index in [4.69, 9.17) is 11.6 Å². The van der Waals surface area contributed by atoms with Crippen LogP contribution in [0.4, 0.5) is 0 Å². The number of ether oxygens (including phenoxy) is 1. The van der Waals surface area contributed by atoms with Gasteiger partial charge < -0.3 is 9.64 Å². The molecule has 0 bridgehead atoms. The van der Waals surface area contributed by atoms with Crippen molar-refractivity contribution < 1.29 is 14.3 Å². The van der Waals surface area contributed by atoms with E-state index in [1.807, 2.05) is 31.2 Å². The van der Waals surface area contributed by atoms with Crippen LogP contribution < -0.4 is 0 Å². The third-order valence-corrected chi connectivity index (χ3v) is 4.32. The minimum atomic E-state index is -0.393. The summed E-state index contributed by atoms with van der Waals surface area (Å²) in [6.07, 6.45) is 1.17. The Morgan fingerprint density at radius 2 is 2.05 bits per heavy atom. The van der Waals surface area contributed by atoms with Crippen molar-refractivity contribution in [2.75, 3.05) is 26.0 Å². The second-order valence-corrected chi connectivity index (χ2v) is 5.96. The third-order valence-electron chi connectivity index (χ3n) is 2.80. The molecule has 1 aromatic rings. The fourth-order valence-corrected chi connectivity index (χ4v) is 2.93. The zero-order chi connectivity index (χ0) is 15.7. The Morgan fingerprint density at radius 3 is 2.67 bits per heavy atom. The molecule has 0 atom stereocenters. The van der Waals surface area contributed by atoms with Gasteiger partial charge in [-0.05, 0) is 18.6 Å². The Labute approximate surface area is 134 Å². The smallest absolute Gasteiger partial charge is 0.325 e. The quantitative estimate of drug-likeness (QED) is 0.542. The number of nitrogens with zero attached hydrogens (tertiary/aromatic N) is 1. The third kappa shape index (κ3) is 6.40. The first-order chi connectivity index (χ1) is 10.1. The van der Waals surface area contributed by atoms with E-state index in [2.05, 4.69) is 4.74 Å². The van der Waals surface area contributed by atoms with Crippen molar-refractivity contribution in [3.63, 3.8) is 0 Å². The number of amides is 1. The average Bonchev–Trinajstić information content (AvgIpc) is 2.48. The molecule has 6 heteroatoms. The molecule has 0 spiro atoms. The van der Waals surface area contributed by atoms with Crippen LogP contribution in [0.15, 0.2) is 29.2 Å². The van der Waals surface area contributed by atoms with Gasteiger partial charge in [-0.15, -0.1) is 11.8 Å². The molecule has 0 unspecified atom stereocenters. The van der Waals surface area contributed by atoms with E-state index in [0.29, 0.717) is 23.7 Å². The molecule has 0 aliphatic rings. The zero-order valence-corrected chi connectivity index (χ0v) is 13.9. The van der Waals surface area contributed by atoms with E-state index >= 15 is 0 Å². The summed E-state index contributed by atoms with van der Waals surface area (Å²) >= 11 is 7.60. The van der Waals surface area contributed by atoms with E-state index in [0.717, 1.165) is 11.3 Å². The molecule has 0 saturated carbocycles. The topological polar surface area (TPSA) is 46.6 Å². The molecular formula is C15H20ClNO3S. The molecule has 1 aromatic carbocycles. The number of carbonyl (C=O) groups is 2. The number of rotatable bonds is 8. The van der Waals surface area contributed by atoms with Crippen LogP contribution in [0.1, 0.15) is 19.8 Å². The number of halogens is 1. The van der Waals surface area contributed by atoms with Crippen LogP contribution >= 0.6 is 23.4 Å². The van der Waals surface area contributed by atoms with Gasteiger partial charge in [0.05, 0.1) is 12.1 Å². The van der Waals surface area contributed by atoms with Gasteiger partial charge in [-0.25, -0.2) is 0 Å². The minimum absolute atomic E-state index is 0.0138. The first-order valence-corrected chi connectivity index (χ1v) is 8.16. The Hall–Kier alpha value is -1.20. The SMILES string of the molecule is CCCN(CC(=O)OC)C(=O)CCSc1ccccc1Cl. The molecule has 0 N–H and O–H groups in total. The lowest BCUT2D eigenvalue weighted by Crippen LogP contribution is -2.36. The number of esters is 1. The van der Waals surface area contributed by atoms with Crippen LogP contribution in [-0.4, -0.2) is 42.7 Å². The Balaban J connectivity index is 2.46. The number of benzene rings is 1. The van der Waals surface area contributed by atoms with Gasteiger partial charge in [0.25, 0.3) is 0 Å². The Bertz CT molecular complexity index is 482. The van der Waals surface area contributed by atoms with Gasteiger partial charge in [-0.1, -0.05) is 30.7 Å². The molecule has 0 heterocycles. The molecule has 0 aromatic heterocycles. The molecule has 0 aliphatic carbocycles. The predicted octanol–water partition coefficient (Wildman–Crippen LogP) is 3.23. The first kappa shape index (κ1) is 17.9. The highest BCUT2D eigenvalue weighted by molar-refractivity contribution is 7.99. The van der Waals surface area contributed by atoms with Crippen LogP contribution in [-0.2, 0) is 14.3 Å². The van der Waals surface area contributed by atoms with Crippen LogP contribution in [0.3, 0.4) is 0 Å². The largest absolute Gasteiger partial charge is 0.468 e. The van der Waals surface area contributed by atoms with E-state index in [1.54, 1.807) is 4.90 Å². The molecular weight excluding hydrogens is 310 g/mol. The zero-order valence-electron chi connectivity index (χ0n) is 12.3. The van der Waals surface area contributed by atoms with Gasteiger partial charge in [-0.2, -0.15) is 0 Å². The molecule has 1 rings (SSSR count). The molecule has 0 fully saturated rings. The Kier molecular flexibility index (Phi) is 8.23. The number of methoxy groups -OCH3 is 1. The predicted molar refractivity (Wildman–Crippen MR) is 85.7 cm³/mol. The van der Waals surface area contributed by atoms with Crippen molar-refractivity contribution in [2.24, 2.45) is 0 Å². The summed E-state index contributed by atoms with van der Waals surface area (Å²) in [6.45, 7) is 2.54. The second kappa shape index (κ2) is 9.68. The lowest BCUT2D eigenvalue weighted by Gasteiger charge is -2.20. The molecule has 21 heavy (non-hydrogen) atoms. The Morgan fingerprint density at radius 1 is 1.33 bits per heavy atom. The average molecular weight is 330 g/mol. The number of carbonyl (C=O) groups excluding carboxylic acids is 2. The number of hydrogen-bond donors (Lipinski definition) is 0. The van der Waals surface area contributed by atoms with E-state index < -0.39 is 5.97 Å². The minimum Gasteiger partial charge on any atom is -0.468 e. The summed E-state index contributed by atoms with van der Waals surface area (Å²) in [4.78, 5) is 25.9. The molecule has 1 amide bonds. The van der Waals surface area contributed by atoms with Crippen LogP contribution in [0, 0.1) is 0 Å². The van der Waals surface area contributed by atoms with Gasteiger partial charge in [0, 0.05) is 23.6 Å². The van der Waals surface area contributed by atoms with Gasteiger partial charge >= 0.3 is 5.97 Å². The highest BCUT2D eigenvalue weighted by atomic mass is 35.5. The van der Waals surface area contributed by atoms with Gasteiger partial charge in [0.2, 0.25) is 5.91 Å². The molecule has 0 saturated heterocycles.